The largest absolute Gasteiger partial charge is 0.465 e. The number of hydrogen-bond donors (Lipinski definition) is 2. The van der Waals surface area contributed by atoms with Crippen LogP contribution < -0.4 is 0 Å². The lowest BCUT2D eigenvalue weighted by Gasteiger charge is -2.29. The van der Waals surface area contributed by atoms with Gasteiger partial charge in [0.2, 0.25) is 0 Å². The zero-order chi connectivity index (χ0) is 12.8. The highest BCUT2D eigenvalue weighted by atomic mass is 31.2. The van der Waals surface area contributed by atoms with Crippen LogP contribution in [0.4, 0.5) is 0 Å². The summed E-state index contributed by atoms with van der Waals surface area (Å²) < 4.78 is 16.0. The summed E-state index contributed by atoms with van der Waals surface area (Å²) in [6, 6.07) is 0. The Morgan fingerprint density at radius 1 is 1.25 bits per heavy atom. The van der Waals surface area contributed by atoms with Crippen molar-refractivity contribution in [2.24, 2.45) is 5.41 Å². The number of ether oxygens (including phenoxy) is 1. The van der Waals surface area contributed by atoms with Crippen LogP contribution in [0.5, 0.6) is 0 Å². The second kappa shape index (κ2) is 6.38. The van der Waals surface area contributed by atoms with E-state index in [2.05, 4.69) is 0 Å². The van der Waals surface area contributed by atoms with Crippen molar-refractivity contribution < 1.29 is 23.9 Å². The molecule has 0 aromatic heterocycles. The van der Waals surface area contributed by atoms with Crippen molar-refractivity contribution in [1.82, 2.24) is 0 Å². The molecule has 0 atom stereocenters. The molecule has 0 heterocycles. The Bertz CT molecular complexity index is 266. The lowest BCUT2D eigenvalue weighted by atomic mass is 9.84. The van der Waals surface area contributed by atoms with Crippen molar-refractivity contribution in [2.75, 3.05) is 12.8 Å². The fourth-order valence-corrected chi connectivity index (χ4v) is 2.93. The maximum Gasteiger partial charge on any atom is 0.326 e. The van der Waals surface area contributed by atoms with E-state index in [1.165, 1.54) is 0 Å². The van der Waals surface area contributed by atoms with Gasteiger partial charge in [0.25, 0.3) is 0 Å². The SMILES string of the molecule is CCCOC(=O)C(CC)(CC)CP(=O)(O)O. The van der Waals surface area contributed by atoms with E-state index in [0.29, 0.717) is 25.9 Å². The molecule has 0 radical (unpaired) electrons. The molecule has 0 bridgehead atoms. The summed E-state index contributed by atoms with van der Waals surface area (Å²) in [6.45, 7) is 5.65. The molecule has 16 heavy (non-hydrogen) atoms. The van der Waals surface area contributed by atoms with Gasteiger partial charge in [-0.05, 0) is 19.3 Å². The maximum absolute atomic E-state index is 11.8. The first-order chi connectivity index (χ1) is 7.31. The number of carbonyl (C=O) groups excluding carboxylic acids is 1. The van der Waals surface area contributed by atoms with Gasteiger partial charge in [-0.1, -0.05) is 20.8 Å². The average Bonchev–Trinajstić information content (AvgIpc) is 2.21. The monoisotopic (exact) mass is 252 g/mol. The Kier molecular flexibility index (Phi) is 6.23. The quantitative estimate of drug-likeness (QED) is 0.534. The standard InChI is InChI=1S/C10H21O5P/c1-4-7-15-9(11)10(5-2,6-3)8-16(12,13)14/h4-8H2,1-3H3,(H2,12,13,14). The second-order valence-electron chi connectivity index (χ2n) is 3.95. The van der Waals surface area contributed by atoms with Gasteiger partial charge in [-0.25, -0.2) is 0 Å². The highest BCUT2D eigenvalue weighted by Crippen LogP contribution is 2.45. The van der Waals surface area contributed by atoms with Crippen molar-refractivity contribution in [3.63, 3.8) is 0 Å². The molecule has 6 heteroatoms. The van der Waals surface area contributed by atoms with E-state index in [9.17, 15) is 9.36 Å². The molecule has 96 valence electrons. The van der Waals surface area contributed by atoms with Crippen LogP contribution in [0.3, 0.4) is 0 Å². The summed E-state index contributed by atoms with van der Waals surface area (Å²) in [7, 11) is -4.21. The zero-order valence-electron chi connectivity index (χ0n) is 10.1. The summed E-state index contributed by atoms with van der Waals surface area (Å²) in [5.74, 6) is -0.498. The lowest BCUT2D eigenvalue weighted by molar-refractivity contribution is -0.155. The molecular weight excluding hydrogens is 231 g/mol. The third-order valence-corrected chi connectivity index (χ3v) is 3.75. The minimum Gasteiger partial charge on any atom is -0.465 e. The minimum absolute atomic E-state index is 0.293. The second-order valence-corrected chi connectivity index (χ2v) is 5.59. The van der Waals surface area contributed by atoms with Crippen molar-refractivity contribution in [3.8, 4) is 0 Å². The van der Waals surface area contributed by atoms with Gasteiger partial charge in [-0.15, -0.1) is 0 Å². The van der Waals surface area contributed by atoms with Gasteiger partial charge in [-0.3, -0.25) is 9.36 Å². The Morgan fingerprint density at radius 2 is 1.75 bits per heavy atom. The van der Waals surface area contributed by atoms with E-state index < -0.39 is 25.1 Å². The van der Waals surface area contributed by atoms with Gasteiger partial charge in [0.1, 0.15) is 0 Å². The van der Waals surface area contributed by atoms with Crippen LogP contribution in [0.2, 0.25) is 0 Å². The first-order valence-corrected chi connectivity index (χ1v) is 7.33. The fourth-order valence-electron chi connectivity index (χ4n) is 1.57. The third-order valence-electron chi connectivity index (χ3n) is 2.73. The Morgan fingerprint density at radius 3 is 2.06 bits per heavy atom. The molecule has 0 saturated heterocycles. The molecular formula is C10H21O5P. The van der Waals surface area contributed by atoms with Crippen molar-refractivity contribution in [3.05, 3.63) is 0 Å². The number of hydrogen-bond acceptors (Lipinski definition) is 3. The van der Waals surface area contributed by atoms with Crippen molar-refractivity contribution in [1.29, 1.82) is 0 Å². The van der Waals surface area contributed by atoms with E-state index in [4.69, 9.17) is 14.5 Å². The van der Waals surface area contributed by atoms with Gasteiger partial charge in [0, 0.05) is 0 Å². The smallest absolute Gasteiger partial charge is 0.326 e. The number of rotatable bonds is 7. The van der Waals surface area contributed by atoms with Crippen molar-refractivity contribution >= 4 is 13.6 Å². The average molecular weight is 252 g/mol. The van der Waals surface area contributed by atoms with Gasteiger partial charge in [0.15, 0.2) is 0 Å². The van der Waals surface area contributed by atoms with E-state index in [1.54, 1.807) is 13.8 Å². The van der Waals surface area contributed by atoms with Crippen LogP contribution in [0.25, 0.3) is 0 Å². The molecule has 0 aromatic rings. The molecule has 2 N–H and O–H groups in total. The van der Waals surface area contributed by atoms with Gasteiger partial charge < -0.3 is 14.5 Å². The van der Waals surface area contributed by atoms with Crippen LogP contribution in [-0.4, -0.2) is 28.5 Å². The molecule has 0 fully saturated rings. The number of esters is 1. The Balaban J connectivity index is 4.80. The molecule has 0 aliphatic carbocycles. The van der Waals surface area contributed by atoms with Crippen LogP contribution >= 0.6 is 7.60 Å². The number of carbonyl (C=O) groups is 1. The Labute approximate surface area is 96.4 Å². The Hall–Kier alpha value is -0.380. The first kappa shape index (κ1) is 15.6. The molecule has 0 amide bonds. The highest BCUT2D eigenvalue weighted by Gasteiger charge is 2.42. The summed E-state index contributed by atoms with van der Waals surface area (Å²) in [6.07, 6.45) is 1.01. The van der Waals surface area contributed by atoms with Crippen LogP contribution in [-0.2, 0) is 14.1 Å². The van der Waals surface area contributed by atoms with E-state index in [0.717, 1.165) is 0 Å². The summed E-state index contributed by atoms with van der Waals surface area (Å²) in [5, 5.41) is 0. The van der Waals surface area contributed by atoms with Crippen LogP contribution in [0, 0.1) is 5.41 Å². The van der Waals surface area contributed by atoms with E-state index in [1.807, 2.05) is 6.92 Å². The predicted octanol–water partition coefficient (Wildman–Crippen LogP) is 1.92. The molecule has 0 unspecified atom stereocenters. The van der Waals surface area contributed by atoms with Gasteiger partial charge >= 0.3 is 13.6 Å². The van der Waals surface area contributed by atoms with E-state index >= 15 is 0 Å². The normalized spacial score (nSPS) is 12.6. The van der Waals surface area contributed by atoms with Crippen molar-refractivity contribution in [2.45, 2.75) is 40.0 Å². The summed E-state index contributed by atoms with van der Waals surface area (Å²) in [5.41, 5.74) is -1.05. The van der Waals surface area contributed by atoms with Crippen LogP contribution in [0.15, 0.2) is 0 Å². The minimum atomic E-state index is -4.21. The molecule has 0 rings (SSSR count). The summed E-state index contributed by atoms with van der Waals surface area (Å²) >= 11 is 0. The first-order valence-electron chi connectivity index (χ1n) is 5.53. The zero-order valence-corrected chi connectivity index (χ0v) is 11.0. The highest BCUT2D eigenvalue weighted by molar-refractivity contribution is 7.51. The summed E-state index contributed by atoms with van der Waals surface area (Å²) in [4.78, 5) is 29.8. The van der Waals surface area contributed by atoms with Crippen LogP contribution in [0.1, 0.15) is 40.0 Å². The molecule has 5 nitrogen and oxygen atoms in total. The fraction of sp³-hybridized carbons (Fsp3) is 0.900. The van der Waals surface area contributed by atoms with E-state index in [-0.39, 0.29) is 0 Å². The maximum atomic E-state index is 11.8. The van der Waals surface area contributed by atoms with Gasteiger partial charge in [0.05, 0.1) is 18.2 Å². The molecule has 0 aliphatic rings. The molecule has 0 saturated carbocycles. The lowest BCUT2D eigenvalue weighted by Crippen LogP contribution is -2.35. The van der Waals surface area contributed by atoms with Gasteiger partial charge in [-0.2, -0.15) is 0 Å². The predicted molar refractivity (Wildman–Crippen MR) is 61.2 cm³/mol. The third kappa shape index (κ3) is 4.64. The molecule has 0 aliphatic heterocycles. The molecule has 0 aromatic carbocycles. The molecule has 0 spiro atoms. The topological polar surface area (TPSA) is 83.8 Å².